The molecule has 8 heteroatoms. The van der Waals surface area contributed by atoms with Gasteiger partial charge in [-0.05, 0) is 24.8 Å². The largest absolute Gasteiger partial charge is 0.394 e. The lowest BCUT2D eigenvalue weighted by Gasteiger charge is -2.15. The Morgan fingerprint density at radius 2 is 2.11 bits per heavy atom. The average molecular weight is 393 g/mol. The van der Waals surface area contributed by atoms with Crippen LogP contribution < -0.4 is 16.6 Å². The fourth-order valence-corrected chi connectivity index (χ4v) is 3.26. The Kier molecular flexibility index (Phi) is 8.66. The number of carbonyl (C=O) groups is 1. The van der Waals surface area contributed by atoms with Crippen LogP contribution >= 0.6 is 0 Å². The summed E-state index contributed by atoms with van der Waals surface area (Å²) in [5, 5.41) is 12.1. The fourth-order valence-electron chi connectivity index (χ4n) is 3.26. The maximum absolute atomic E-state index is 12.1. The Morgan fingerprint density at radius 3 is 2.79 bits per heavy atom. The lowest BCUT2D eigenvalue weighted by molar-refractivity contribution is -0.116. The van der Waals surface area contributed by atoms with Crippen LogP contribution in [0, 0.1) is 5.92 Å². The number of aliphatic hydroxyl groups is 1. The molecule has 1 aromatic heterocycles. The van der Waals surface area contributed by atoms with Crippen LogP contribution in [0.4, 0.5) is 0 Å². The molecule has 1 saturated heterocycles. The van der Waals surface area contributed by atoms with Crippen LogP contribution in [0.15, 0.2) is 21.9 Å². The fraction of sp³-hybridized carbons (Fsp3) is 0.650. The van der Waals surface area contributed by atoms with E-state index < -0.39 is 17.5 Å². The SMILES string of the molecule is CCCCCCCNC(=O)/C=C/c1cn([C@H]2CC(C)[C@@H](CO)O2)c(=O)[nH]c1=O. The van der Waals surface area contributed by atoms with Crippen LogP contribution in [0.3, 0.4) is 0 Å². The molecule has 3 atom stereocenters. The van der Waals surface area contributed by atoms with E-state index in [0.717, 1.165) is 19.3 Å². The van der Waals surface area contributed by atoms with Gasteiger partial charge < -0.3 is 15.2 Å². The molecular formula is C20H31N3O5. The van der Waals surface area contributed by atoms with Crippen LogP contribution in [0.25, 0.3) is 6.08 Å². The highest BCUT2D eigenvalue weighted by Gasteiger charge is 2.33. The number of amides is 1. The van der Waals surface area contributed by atoms with Gasteiger partial charge in [0.2, 0.25) is 5.91 Å². The molecule has 2 heterocycles. The highest BCUT2D eigenvalue weighted by molar-refractivity contribution is 5.91. The molecule has 0 aliphatic carbocycles. The Morgan fingerprint density at radius 1 is 1.36 bits per heavy atom. The van der Waals surface area contributed by atoms with Gasteiger partial charge >= 0.3 is 5.69 Å². The van der Waals surface area contributed by atoms with Crippen molar-refractivity contribution in [3.63, 3.8) is 0 Å². The molecule has 0 saturated carbocycles. The summed E-state index contributed by atoms with van der Waals surface area (Å²) in [7, 11) is 0. The van der Waals surface area contributed by atoms with Crippen molar-refractivity contribution in [3.05, 3.63) is 38.7 Å². The zero-order valence-corrected chi connectivity index (χ0v) is 16.6. The predicted octanol–water partition coefficient (Wildman–Crippen LogP) is 1.55. The van der Waals surface area contributed by atoms with Gasteiger partial charge in [-0.1, -0.05) is 39.5 Å². The quantitative estimate of drug-likeness (QED) is 0.412. The zero-order valence-electron chi connectivity index (χ0n) is 16.6. The summed E-state index contributed by atoms with van der Waals surface area (Å²) in [4.78, 5) is 38.3. The van der Waals surface area contributed by atoms with Crippen molar-refractivity contribution in [2.24, 2.45) is 5.92 Å². The summed E-state index contributed by atoms with van der Waals surface area (Å²) in [5.74, 6) is -0.186. The second kappa shape index (κ2) is 11.0. The average Bonchev–Trinajstić information content (AvgIpc) is 3.04. The van der Waals surface area contributed by atoms with Gasteiger partial charge in [-0.25, -0.2) is 4.79 Å². The number of aromatic nitrogens is 2. The maximum atomic E-state index is 12.1. The lowest BCUT2D eigenvalue weighted by atomic mass is 10.0. The normalized spacial score (nSPS) is 22.0. The first-order valence-corrected chi connectivity index (χ1v) is 10.0. The molecular weight excluding hydrogens is 362 g/mol. The number of hydrogen-bond donors (Lipinski definition) is 3. The van der Waals surface area contributed by atoms with E-state index in [1.165, 1.54) is 35.8 Å². The number of nitrogens with one attached hydrogen (secondary N) is 2. The van der Waals surface area contributed by atoms with Crippen molar-refractivity contribution in [1.29, 1.82) is 0 Å². The zero-order chi connectivity index (χ0) is 20.5. The van der Waals surface area contributed by atoms with Gasteiger partial charge in [0.05, 0.1) is 18.3 Å². The number of aromatic amines is 1. The summed E-state index contributed by atoms with van der Waals surface area (Å²) >= 11 is 0. The van der Waals surface area contributed by atoms with E-state index >= 15 is 0 Å². The van der Waals surface area contributed by atoms with E-state index in [1.54, 1.807) is 0 Å². The number of rotatable bonds is 10. The number of hydrogen-bond acceptors (Lipinski definition) is 5. The molecule has 8 nitrogen and oxygen atoms in total. The minimum Gasteiger partial charge on any atom is -0.394 e. The number of H-pyrrole nitrogens is 1. The molecule has 1 fully saturated rings. The summed E-state index contributed by atoms with van der Waals surface area (Å²) in [6.45, 7) is 4.56. The van der Waals surface area contributed by atoms with Crippen LogP contribution in [0.5, 0.6) is 0 Å². The molecule has 28 heavy (non-hydrogen) atoms. The minimum atomic E-state index is -0.575. The number of aliphatic hydroxyl groups excluding tert-OH is 1. The minimum absolute atomic E-state index is 0.0934. The Hall–Kier alpha value is -2.19. The Bertz CT molecular complexity index is 783. The van der Waals surface area contributed by atoms with Crippen LogP contribution in [0.1, 0.15) is 64.2 Å². The van der Waals surface area contributed by atoms with Crippen LogP contribution in [-0.2, 0) is 9.53 Å². The number of nitrogens with zero attached hydrogens (tertiary/aromatic N) is 1. The van der Waals surface area contributed by atoms with E-state index in [2.05, 4.69) is 17.2 Å². The first-order chi connectivity index (χ1) is 13.5. The van der Waals surface area contributed by atoms with Crippen molar-refractivity contribution < 1.29 is 14.6 Å². The highest BCUT2D eigenvalue weighted by atomic mass is 16.5. The summed E-state index contributed by atoms with van der Waals surface area (Å²) in [6.07, 6.45) is 9.29. The van der Waals surface area contributed by atoms with Gasteiger partial charge in [0.1, 0.15) is 6.23 Å². The first kappa shape index (κ1) is 22.1. The second-order valence-electron chi connectivity index (χ2n) is 7.31. The van der Waals surface area contributed by atoms with E-state index in [9.17, 15) is 19.5 Å². The summed E-state index contributed by atoms with van der Waals surface area (Å²) in [6, 6.07) is 0. The molecule has 1 aliphatic heterocycles. The summed E-state index contributed by atoms with van der Waals surface area (Å²) in [5.41, 5.74) is -0.939. The Balaban J connectivity index is 1.98. The molecule has 1 aliphatic rings. The number of unbranched alkanes of at least 4 members (excludes halogenated alkanes) is 4. The van der Waals surface area contributed by atoms with Gasteiger partial charge in [0.15, 0.2) is 0 Å². The summed E-state index contributed by atoms with van der Waals surface area (Å²) < 4.78 is 7.00. The number of ether oxygens (including phenoxy) is 1. The molecule has 0 radical (unpaired) electrons. The maximum Gasteiger partial charge on any atom is 0.330 e. The number of carbonyl (C=O) groups excluding carboxylic acids is 1. The third-order valence-electron chi connectivity index (χ3n) is 5.02. The highest BCUT2D eigenvalue weighted by Crippen LogP contribution is 2.31. The van der Waals surface area contributed by atoms with Crippen LogP contribution in [0.2, 0.25) is 0 Å². The van der Waals surface area contributed by atoms with Gasteiger partial charge in [0, 0.05) is 18.8 Å². The van der Waals surface area contributed by atoms with Crippen molar-refractivity contribution >= 4 is 12.0 Å². The topological polar surface area (TPSA) is 113 Å². The van der Waals surface area contributed by atoms with Crippen molar-refractivity contribution in [3.8, 4) is 0 Å². The van der Waals surface area contributed by atoms with Gasteiger partial charge in [-0.15, -0.1) is 0 Å². The van der Waals surface area contributed by atoms with E-state index in [0.29, 0.717) is 13.0 Å². The molecule has 2 rings (SSSR count). The smallest absolute Gasteiger partial charge is 0.330 e. The van der Waals surface area contributed by atoms with Crippen molar-refractivity contribution in [1.82, 2.24) is 14.9 Å². The van der Waals surface area contributed by atoms with Crippen molar-refractivity contribution in [2.45, 2.75) is 64.7 Å². The molecule has 156 valence electrons. The molecule has 0 aromatic carbocycles. The van der Waals surface area contributed by atoms with Crippen molar-refractivity contribution in [2.75, 3.05) is 13.2 Å². The standard InChI is InChI=1S/C20H31N3O5/c1-3-4-5-6-7-10-21-17(25)9-8-15-12-23(20(27)22-19(15)26)18-11-14(2)16(13-24)28-18/h8-9,12,14,16,18,24H,3-7,10-11,13H2,1-2H3,(H,21,25)(H,22,26,27)/b9-8+/t14?,16-,18-/m1/s1. The predicted molar refractivity (Wildman–Crippen MR) is 107 cm³/mol. The first-order valence-electron chi connectivity index (χ1n) is 10.0. The monoisotopic (exact) mass is 393 g/mol. The van der Waals surface area contributed by atoms with E-state index in [4.69, 9.17) is 4.74 Å². The second-order valence-corrected chi connectivity index (χ2v) is 7.31. The Labute approximate surface area is 164 Å². The molecule has 3 N–H and O–H groups in total. The molecule has 1 amide bonds. The lowest BCUT2D eigenvalue weighted by Crippen LogP contribution is -2.33. The van der Waals surface area contributed by atoms with E-state index in [1.807, 2.05) is 6.92 Å². The molecule has 1 aromatic rings. The van der Waals surface area contributed by atoms with Gasteiger partial charge in [0.25, 0.3) is 5.56 Å². The van der Waals surface area contributed by atoms with Crippen LogP contribution in [-0.4, -0.2) is 39.8 Å². The molecule has 1 unspecified atom stereocenters. The third-order valence-corrected chi connectivity index (χ3v) is 5.02. The molecule has 0 bridgehead atoms. The third kappa shape index (κ3) is 6.17. The van der Waals surface area contributed by atoms with Gasteiger partial charge in [-0.3, -0.25) is 19.1 Å². The molecule has 0 spiro atoms. The van der Waals surface area contributed by atoms with E-state index in [-0.39, 0.29) is 30.1 Å². The van der Waals surface area contributed by atoms with Gasteiger partial charge in [-0.2, -0.15) is 0 Å².